The number of hydrogen-bond donors (Lipinski definition) is 1. The van der Waals surface area contributed by atoms with E-state index in [2.05, 4.69) is 22.4 Å². The molecule has 1 aromatic heterocycles. The molecule has 5 nitrogen and oxygen atoms in total. The van der Waals surface area contributed by atoms with Crippen LogP contribution in [0.3, 0.4) is 0 Å². The molecule has 0 spiro atoms. The Kier molecular flexibility index (Phi) is 5.80. The van der Waals surface area contributed by atoms with Gasteiger partial charge in [0, 0.05) is 44.4 Å². The van der Waals surface area contributed by atoms with Gasteiger partial charge >= 0.3 is 6.03 Å². The third-order valence-electron chi connectivity index (χ3n) is 4.12. The van der Waals surface area contributed by atoms with Crippen molar-refractivity contribution in [2.24, 2.45) is 0 Å². The number of carbonyl (C=O) groups is 1. The van der Waals surface area contributed by atoms with Crippen LogP contribution < -0.4 is 5.32 Å². The Labute approximate surface area is 142 Å². The molecule has 0 saturated carbocycles. The number of rotatable bonds is 5. The third kappa shape index (κ3) is 4.80. The number of hydrogen-bond acceptors (Lipinski definition) is 3. The molecule has 0 unspecified atom stereocenters. The summed E-state index contributed by atoms with van der Waals surface area (Å²) in [4.78, 5) is 18.4. The van der Waals surface area contributed by atoms with E-state index in [-0.39, 0.29) is 12.1 Å². The van der Waals surface area contributed by atoms with Crippen molar-refractivity contribution < 1.29 is 9.53 Å². The van der Waals surface area contributed by atoms with Crippen LogP contribution in [0.25, 0.3) is 0 Å². The fraction of sp³-hybridized carbons (Fsp3) is 0.368. The fourth-order valence-electron chi connectivity index (χ4n) is 2.86. The zero-order chi connectivity index (χ0) is 16.6. The summed E-state index contributed by atoms with van der Waals surface area (Å²) in [5, 5.41) is 2.98. The number of amides is 2. The molecule has 2 aromatic rings. The molecule has 1 N–H and O–H groups in total. The van der Waals surface area contributed by atoms with Crippen molar-refractivity contribution in [3.63, 3.8) is 0 Å². The van der Waals surface area contributed by atoms with Gasteiger partial charge in [0.25, 0.3) is 0 Å². The van der Waals surface area contributed by atoms with Crippen molar-refractivity contribution in [1.29, 1.82) is 0 Å². The van der Waals surface area contributed by atoms with Gasteiger partial charge in [-0.25, -0.2) is 4.79 Å². The summed E-state index contributed by atoms with van der Waals surface area (Å²) in [6, 6.07) is 16.0. The van der Waals surface area contributed by atoms with Crippen molar-refractivity contribution in [2.45, 2.75) is 18.9 Å². The Bertz CT molecular complexity index is 634. The quantitative estimate of drug-likeness (QED) is 0.917. The van der Waals surface area contributed by atoms with Crippen LogP contribution in [0, 0.1) is 0 Å². The number of pyridine rings is 1. The highest BCUT2D eigenvalue weighted by molar-refractivity contribution is 5.74. The molecule has 1 aliphatic rings. The van der Waals surface area contributed by atoms with Gasteiger partial charge in [-0.15, -0.1) is 0 Å². The average molecular weight is 325 g/mol. The smallest absolute Gasteiger partial charge is 0.317 e. The van der Waals surface area contributed by atoms with Gasteiger partial charge in [-0.2, -0.15) is 0 Å². The van der Waals surface area contributed by atoms with E-state index >= 15 is 0 Å². The lowest BCUT2D eigenvalue weighted by atomic mass is 10.1. The number of benzene rings is 1. The average Bonchev–Trinajstić information content (AvgIpc) is 2.64. The SMILES string of the molecule is O=C(NCCc1ccccn1)N1CCO[C@@H](Cc2ccccc2)C1. The molecule has 2 heterocycles. The summed E-state index contributed by atoms with van der Waals surface area (Å²) in [5.74, 6) is 0. The first-order chi connectivity index (χ1) is 11.8. The van der Waals surface area contributed by atoms with Crippen LogP contribution in [0.2, 0.25) is 0 Å². The van der Waals surface area contributed by atoms with Gasteiger partial charge in [-0.3, -0.25) is 4.98 Å². The van der Waals surface area contributed by atoms with E-state index in [1.54, 1.807) is 6.20 Å². The van der Waals surface area contributed by atoms with Crippen LogP contribution in [-0.2, 0) is 17.6 Å². The van der Waals surface area contributed by atoms with Crippen LogP contribution in [0.5, 0.6) is 0 Å². The standard InChI is InChI=1S/C19H23N3O2/c23-19(21-11-9-17-8-4-5-10-20-17)22-12-13-24-18(15-22)14-16-6-2-1-3-7-16/h1-8,10,18H,9,11-15H2,(H,21,23)/t18-/m0/s1. The highest BCUT2D eigenvalue weighted by Gasteiger charge is 2.24. The Morgan fingerprint density at radius 3 is 2.83 bits per heavy atom. The molecule has 2 amide bonds. The maximum absolute atomic E-state index is 12.3. The Hall–Kier alpha value is -2.40. The summed E-state index contributed by atoms with van der Waals surface area (Å²) in [7, 11) is 0. The number of urea groups is 1. The normalized spacial score (nSPS) is 17.5. The van der Waals surface area contributed by atoms with Crippen LogP contribution in [0.4, 0.5) is 4.79 Å². The van der Waals surface area contributed by atoms with E-state index in [1.165, 1.54) is 5.56 Å². The van der Waals surface area contributed by atoms with Crippen LogP contribution in [-0.4, -0.2) is 48.3 Å². The number of nitrogens with one attached hydrogen (secondary N) is 1. The van der Waals surface area contributed by atoms with Gasteiger partial charge in [-0.05, 0) is 17.7 Å². The molecule has 24 heavy (non-hydrogen) atoms. The minimum Gasteiger partial charge on any atom is -0.374 e. The summed E-state index contributed by atoms with van der Waals surface area (Å²) in [6.45, 7) is 2.45. The van der Waals surface area contributed by atoms with E-state index in [0.717, 1.165) is 18.5 Å². The molecule has 0 radical (unpaired) electrons. The predicted octanol–water partition coefficient (Wildman–Crippen LogP) is 2.28. The molecular weight excluding hydrogens is 302 g/mol. The van der Waals surface area contributed by atoms with Crippen molar-refractivity contribution in [2.75, 3.05) is 26.2 Å². The molecular formula is C19H23N3O2. The Morgan fingerprint density at radius 2 is 2.04 bits per heavy atom. The lowest BCUT2D eigenvalue weighted by Gasteiger charge is -2.33. The maximum Gasteiger partial charge on any atom is 0.317 e. The topological polar surface area (TPSA) is 54.5 Å². The molecule has 1 aromatic carbocycles. The first kappa shape index (κ1) is 16.5. The molecule has 1 fully saturated rings. The van der Waals surface area contributed by atoms with Crippen LogP contribution >= 0.6 is 0 Å². The molecule has 0 aliphatic carbocycles. The third-order valence-corrected chi connectivity index (χ3v) is 4.12. The molecule has 1 saturated heterocycles. The maximum atomic E-state index is 12.3. The van der Waals surface area contributed by atoms with Crippen molar-refractivity contribution in [3.05, 3.63) is 66.0 Å². The van der Waals surface area contributed by atoms with Gasteiger partial charge in [0.2, 0.25) is 0 Å². The number of nitrogens with zero attached hydrogens (tertiary/aromatic N) is 2. The predicted molar refractivity (Wildman–Crippen MR) is 92.8 cm³/mol. The van der Waals surface area contributed by atoms with Gasteiger partial charge in [0.1, 0.15) is 0 Å². The highest BCUT2D eigenvalue weighted by atomic mass is 16.5. The van der Waals surface area contributed by atoms with Gasteiger partial charge in [0.15, 0.2) is 0 Å². The van der Waals surface area contributed by atoms with Gasteiger partial charge in [0.05, 0.1) is 12.7 Å². The van der Waals surface area contributed by atoms with Crippen molar-refractivity contribution in [3.8, 4) is 0 Å². The van der Waals surface area contributed by atoms with E-state index in [1.807, 2.05) is 41.3 Å². The van der Waals surface area contributed by atoms with Crippen LogP contribution in [0.1, 0.15) is 11.3 Å². The second-order valence-electron chi connectivity index (χ2n) is 5.93. The fourth-order valence-corrected chi connectivity index (χ4v) is 2.86. The van der Waals surface area contributed by atoms with E-state index in [0.29, 0.717) is 26.2 Å². The Balaban J connectivity index is 1.44. The van der Waals surface area contributed by atoms with Crippen molar-refractivity contribution in [1.82, 2.24) is 15.2 Å². The minimum absolute atomic E-state index is 0.0210. The van der Waals surface area contributed by atoms with E-state index < -0.39 is 0 Å². The minimum atomic E-state index is -0.0210. The summed E-state index contributed by atoms with van der Waals surface area (Å²) < 4.78 is 5.80. The number of ether oxygens (including phenoxy) is 1. The Morgan fingerprint density at radius 1 is 1.21 bits per heavy atom. The molecule has 0 bridgehead atoms. The molecule has 1 atom stereocenters. The monoisotopic (exact) mass is 325 g/mol. The zero-order valence-electron chi connectivity index (χ0n) is 13.7. The zero-order valence-corrected chi connectivity index (χ0v) is 13.7. The second-order valence-corrected chi connectivity index (χ2v) is 5.93. The lowest BCUT2D eigenvalue weighted by molar-refractivity contribution is -0.0132. The van der Waals surface area contributed by atoms with E-state index in [9.17, 15) is 4.79 Å². The highest BCUT2D eigenvalue weighted by Crippen LogP contribution is 2.11. The first-order valence-corrected chi connectivity index (χ1v) is 8.39. The summed E-state index contributed by atoms with van der Waals surface area (Å²) in [5.41, 5.74) is 2.22. The molecule has 5 heteroatoms. The van der Waals surface area contributed by atoms with Gasteiger partial charge < -0.3 is 15.0 Å². The van der Waals surface area contributed by atoms with Crippen LogP contribution in [0.15, 0.2) is 54.7 Å². The number of aromatic nitrogens is 1. The number of morpholine rings is 1. The molecule has 1 aliphatic heterocycles. The van der Waals surface area contributed by atoms with Crippen molar-refractivity contribution >= 4 is 6.03 Å². The first-order valence-electron chi connectivity index (χ1n) is 8.39. The molecule has 126 valence electrons. The second kappa shape index (κ2) is 8.45. The molecule has 3 rings (SSSR count). The number of carbonyl (C=O) groups excluding carboxylic acids is 1. The van der Waals surface area contributed by atoms with E-state index in [4.69, 9.17) is 4.74 Å². The lowest BCUT2D eigenvalue weighted by Crippen LogP contribution is -2.50. The largest absolute Gasteiger partial charge is 0.374 e. The summed E-state index contributed by atoms with van der Waals surface area (Å²) >= 11 is 0. The summed E-state index contributed by atoms with van der Waals surface area (Å²) in [6.07, 6.45) is 3.40. The van der Waals surface area contributed by atoms with Gasteiger partial charge in [-0.1, -0.05) is 36.4 Å².